The van der Waals surface area contributed by atoms with E-state index >= 15 is 0 Å². The van der Waals surface area contributed by atoms with Gasteiger partial charge in [-0.2, -0.15) is 5.10 Å². The molecule has 2 aromatic rings. The molecule has 3 rings (SSSR count). The molecule has 25 heavy (non-hydrogen) atoms. The summed E-state index contributed by atoms with van der Waals surface area (Å²) in [4.78, 5) is 12.7. The fourth-order valence-corrected chi connectivity index (χ4v) is 3.59. The van der Waals surface area contributed by atoms with Crippen molar-refractivity contribution in [1.29, 1.82) is 0 Å². The molecule has 0 bridgehead atoms. The van der Waals surface area contributed by atoms with Crippen LogP contribution in [0.1, 0.15) is 38.8 Å². The van der Waals surface area contributed by atoms with Gasteiger partial charge in [0, 0.05) is 18.9 Å². The number of nitrogens with zero attached hydrogens (tertiary/aromatic N) is 2. The summed E-state index contributed by atoms with van der Waals surface area (Å²) in [5.74, 6) is 0.568. The molecule has 0 aliphatic heterocycles. The molecule has 2 atom stereocenters. The number of allylic oxidation sites excluding steroid dienone is 2. The lowest BCUT2D eigenvalue weighted by atomic mass is 10.1. The molecule has 0 spiro atoms. The van der Waals surface area contributed by atoms with E-state index in [0.717, 1.165) is 5.56 Å². The number of hydrogen-bond donors (Lipinski definition) is 1. The zero-order valence-electron chi connectivity index (χ0n) is 15.5. The summed E-state index contributed by atoms with van der Waals surface area (Å²) in [5.41, 5.74) is 3.65. The van der Waals surface area contributed by atoms with Crippen molar-refractivity contribution in [3.63, 3.8) is 0 Å². The van der Waals surface area contributed by atoms with Crippen LogP contribution < -0.4 is 5.32 Å². The molecule has 132 valence electrons. The number of amides is 1. The first-order valence-electron chi connectivity index (χ1n) is 8.86. The zero-order valence-corrected chi connectivity index (χ0v) is 15.5. The topological polar surface area (TPSA) is 46.9 Å². The lowest BCUT2D eigenvalue weighted by molar-refractivity contribution is -0.123. The minimum absolute atomic E-state index is 0.0515. The van der Waals surface area contributed by atoms with Crippen molar-refractivity contribution in [2.45, 2.75) is 40.8 Å². The number of nitrogens with one attached hydrogen (secondary N) is 1. The van der Waals surface area contributed by atoms with Gasteiger partial charge < -0.3 is 5.32 Å². The molecule has 1 aromatic carbocycles. The molecule has 1 heterocycles. The van der Waals surface area contributed by atoms with Gasteiger partial charge in [-0.05, 0) is 42.4 Å². The first kappa shape index (κ1) is 17.5. The van der Waals surface area contributed by atoms with Gasteiger partial charge in [0.25, 0.3) is 0 Å². The van der Waals surface area contributed by atoms with E-state index in [9.17, 15) is 4.79 Å². The van der Waals surface area contributed by atoms with Gasteiger partial charge in [-0.1, -0.05) is 49.8 Å². The highest BCUT2D eigenvalue weighted by atomic mass is 16.2. The van der Waals surface area contributed by atoms with E-state index in [1.165, 1.54) is 11.1 Å². The Balaban J connectivity index is 1.64. The molecule has 1 amide bonds. The Morgan fingerprint density at radius 3 is 2.60 bits per heavy atom. The van der Waals surface area contributed by atoms with E-state index in [0.29, 0.717) is 19.0 Å². The van der Waals surface area contributed by atoms with E-state index in [-0.39, 0.29) is 17.2 Å². The fourth-order valence-electron chi connectivity index (χ4n) is 3.59. The van der Waals surface area contributed by atoms with Crippen molar-refractivity contribution in [3.8, 4) is 0 Å². The summed E-state index contributed by atoms with van der Waals surface area (Å²) in [6, 6.07) is 10.1. The molecule has 1 saturated carbocycles. The largest absolute Gasteiger partial charge is 0.352 e. The number of benzene rings is 1. The predicted octanol–water partition coefficient (Wildman–Crippen LogP) is 3.79. The monoisotopic (exact) mass is 337 g/mol. The zero-order chi connectivity index (χ0) is 18.0. The van der Waals surface area contributed by atoms with E-state index < -0.39 is 0 Å². The van der Waals surface area contributed by atoms with Crippen LogP contribution in [0.3, 0.4) is 0 Å². The lowest BCUT2D eigenvalue weighted by Crippen LogP contribution is -2.27. The Hall–Kier alpha value is -2.36. The standard InChI is InChI=1S/C21H27N3O/c1-15(2)12-18-19(21(18,3)4)20(25)22-13-16-8-5-6-9-17(16)14-24-11-7-10-23-24/h5-12,18-19H,13-14H2,1-4H3,(H,22,25). The number of aromatic nitrogens is 2. The SMILES string of the molecule is CC(C)=CC1C(C(=O)NCc2ccccc2Cn2cccn2)C1(C)C. The van der Waals surface area contributed by atoms with Crippen LogP contribution >= 0.6 is 0 Å². The minimum atomic E-state index is 0.0515. The molecule has 1 aliphatic rings. The van der Waals surface area contributed by atoms with Crippen LogP contribution in [0.4, 0.5) is 0 Å². The Kier molecular flexibility index (Phi) is 4.80. The maximum Gasteiger partial charge on any atom is 0.224 e. The number of carbonyl (C=O) groups is 1. The summed E-state index contributed by atoms with van der Waals surface area (Å²) in [5, 5.41) is 7.41. The van der Waals surface area contributed by atoms with Crippen molar-refractivity contribution in [1.82, 2.24) is 15.1 Å². The molecule has 2 unspecified atom stereocenters. The third-order valence-electron chi connectivity index (χ3n) is 5.17. The first-order valence-corrected chi connectivity index (χ1v) is 8.86. The molecular weight excluding hydrogens is 310 g/mol. The van der Waals surface area contributed by atoms with E-state index in [4.69, 9.17) is 0 Å². The van der Waals surface area contributed by atoms with E-state index in [1.54, 1.807) is 6.20 Å². The molecule has 0 radical (unpaired) electrons. The van der Waals surface area contributed by atoms with Gasteiger partial charge in [-0.3, -0.25) is 9.48 Å². The maximum absolute atomic E-state index is 12.7. The Morgan fingerprint density at radius 1 is 1.24 bits per heavy atom. The van der Waals surface area contributed by atoms with Crippen molar-refractivity contribution in [2.75, 3.05) is 0 Å². The van der Waals surface area contributed by atoms with Gasteiger partial charge in [0.1, 0.15) is 0 Å². The van der Waals surface area contributed by atoms with Crippen LogP contribution in [0.15, 0.2) is 54.4 Å². The second-order valence-corrected chi connectivity index (χ2v) is 7.76. The normalized spacial score (nSPS) is 20.8. The van der Waals surface area contributed by atoms with E-state index in [2.05, 4.69) is 56.3 Å². The fraction of sp³-hybridized carbons (Fsp3) is 0.429. The van der Waals surface area contributed by atoms with Crippen LogP contribution in [0.2, 0.25) is 0 Å². The van der Waals surface area contributed by atoms with Gasteiger partial charge in [0.05, 0.1) is 12.5 Å². The molecule has 1 fully saturated rings. The van der Waals surface area contributed by atoms with Crippen LogP contribution in [0, 0.1) is 17.3 Å². The Bertz CT molecular complexity index is 770. The third-order valence-corrected chi connectivity index (χ3v) is 5.17. The van der Waals surface area contributed by atoms with Crippen LogP contribution in [-0.2, 0) is 17.9 Å². The lowest BCUT2D eigenvalue weighted by Gasteiger charge is -2.11. The molecule has 0 saturated heterocycles. The van der Waals surface area contributed by atoms with Crippen LogP contribution in [-0.4, -0.2) is 15.7 Å². The average molecular weight is 337 g/mol. The highest BCUT2D eigenvalue weighted by molar-refractivity contribution is 5.83. The summed E-state index contributed by atoms with van der Waals surface area (Å²) in [6.07, 6.45) is 5.96. The molecule has 4 heteroatoms. The quantitative estimate of drug-likeness (QED) is 0.815. The Morgan fingerprint density at radius 2 is 1.96 bits per heavy atom. The minimum Gasteiger partial charge on any atom is -0.352 e. The number of carbonyl (C=O) groups excluding carboxylic acids is 1. The summed E-state index contributed by atoms with van der Waals surface area (Å²) >= 11 is 0. The first-order chi connectivity index (χ1) is 11.9. The molecule has 1 aliphatic carbocycles. The molecule has 1 N–H and O–H groups in total. The summed E-state index contributed by atoms with van der Waals surface area (Å²) in [6.45, 7) is 9.81. The van der Waals surface area contributed by atoms with Crippen LogP contribution in [0.5, 0.6) is 0 Å². The summed E-state index contributed by atoms with van der Waals surface area (Å²) < 4.78 is 1.90. The van der Waals surface area contributed by atoms with Gasteiger partial charge in [0.15, 0.2) is 0 Å². The van der Waals surface area contributed by atoms with Gasteiger partial charge in [-0.15, -0.1) is 0 Å². The Labute approximate surface area is 149 Å². The van der Waals surface area contributed by atoms with Crippen molar-refractivity contribution in [2.24, 2.45) is 17.3 Å². The van der Waals surface area contributed by atoms with Gasteiger partial charge >= 0.3 is 0 Å². The highest BCUT2D eigenvalue weighted by Gasteiger charge is 2.60. The smallest absolute Gasteiger partial charge is 0.224 e. The molecule has 1 aromatic heterocycles. The average Bonchev–Trinajstić information content (AvgIpc) is 2.91. The maximum atomic E-state index is 12.7. The number of hydrogen-bond acceptors (Lipinski definition) is 2. The molecule has 4 nitrogen and oxygen atoms in total. The van der Waals surface area contributed by atoms with Crippen LogP contribution in [0.25, 0.3) is 0 Å². The summed E-state index contributed by atoms with van der Waals surface area (Å²) in [7, 11) is 0. The van der Waals surface area contributed by atoms with Crippen molar-refractivity contribution < 1.29 is 4.79 Å². The van der Waals surface area contributed by atoms with Gasteiger partial charge in [-0.25, -0.2) is 0 Å². The van der Waals surface area contributed by atoms with E-state index in [1.807, 2.05) is 29.1 Å². The number of rotatable bonds is 6. The van der Waals surface area contributed by atoms with Gasteiger partial charge in [0.2, 0.25) is 5.91 Å². The molecular formula is C21H27N3O. The highest BCUT2D eigenvalue weighted by Crippen LogP contribution is 2.59. The third kappa shape index (κ3) is 3.84. The predicted molar refractivity (Wildman–Crippen MR) is 99.8 cm³/mol. The second kappa shape index (κ2) is 6.87. The second-order valence-electron chi connectivity index (χ2n) is 7.76. The van der Waals surface area contributed by atoms with Crippen molar-refractivity contribution >= 4 is 5.91 Å². The van der Waals surface area contributed by atoms with Crippen molar-refractivity contribution in [3.05, 3.63) is 65.5 Å².